The zero-order valence-electron chi connectivity index (χ0n) is 7.22. The number of nitrogens with one attached hydrogen (secondary N) is 1. The molecule has 2 aromatic heterocycles. The van der Waals surface area contributed by atoms with Crippen molar-refractivity contribution in [3.05, 3.63) is 22.9 Å². The molecule has 2 rings (SSSR count). The van der Waals surface area contributed by atoms with Crippen LogP contribution >= 0.6 is 22.9 Å². The Labute approximate surface area is 89.7 Å². The first kappa shape index (κ1) is 9.42. The highest BCUT2D eigenvalue weighted by atomic mass is 35.5. The third-order valence-corrected chi connectivity index (χ3v) is 2.69. The molecular weight excluding hydrogens is 222 g/mol. The fraction of sp³-hybridized carbons (Fsp3) is 0.286. The third kappa shape index (κ3) is 2.43. The topological polar surface area (TPSA) is 55.6 Å². The van der Waals surface area contributed by atoms with E-state index in [-0.39, 0.29) is 0 Å². The van der Waals surface area contributed by atoms with Crippen LogP contribution in [-0.4, -0.2) is 26.5 Å². The summed E-state index contributed by atoms with van der Waals surface area (Å²) in [5.41, 5.74) is 0. The van der Waals surface area contributed by atoms with E-state index in [1.165, 1.54) is 11.3 Å². The molecule has 0 unspecified atom stereocenters. The minimum absolute atomic E-state index is 0.526. The van der Waals surface area contributed by atoms with Gasteiger partial charge in [-0.15, -0.1) is 16.4 Å². The van der Waals surface area contributed by atoms with Crippen LogP contribution in [0.25, 0.3) is 0 Å². The molecule has 0 amide bonds. The average Bonchev–Trinajstić information content (AvgIpc) is 2.77. The van der Waals surface area contributed by atoms with E-state index in [4.69, 9.17) is 11.6 Å². The second kappa shape index (κ2) is 4.39. The number of hydrogen-bond donors (Lipinski definition) is 1. The van der Waals surface area contributed by atoms with Gasteiger partial charge in [0.2, 0.25) is 0 Å². The van der Waals surface area contributed by atoms with Crippen LogP contribution in [-0.2, 0) is 6.54 Å². The van der Waals surface area contributed by atoms with Gasteiger partial charge in [0.05, 0.1) is 12.7 Å². The molecule has 0 bridgehead atoms. The smallest absolute Gasteiger partial charge is 0.184 e. The molecule has 0 fully saturated rings. The predicted octanol–water partition coefficient (Wildman–Crippen LogP) is 1.50. The minimum atomic E-state index is 0.526. The molecule has 0 saturated carbocycles. The summed E-state index contributed by atoms with van der Waals surface area (Å²) in [6, 6.07) is 0. The van der Waals surface area contributed by atoms with Crippen LogP contribution in [0, 0.1) is 0 Å². The normalized spacial score (nSPS) is 10.4. The molecule has 5 nitrogen and oxygen atoms in total. The fourth-order valence-corrected chi connectivity index (χ4v) is 1.83. The lowest BCUT2D eigenvalue weighted by Crippen LogP contribution is -2.10. The molecular formula is C7H8ClN5S. The van der Waals surface area contributed by atoms with E-state index in [1.807, 2.05) is 6.20 Å². The van der Waals surface area contributed by atoms with Crippen LogP contribution < -0.4 is 5.32 Å². The Morgan fingerprint density at radius 3 is 3.14 bits per heavy atom. The van der Waals surface area contributed by atoms with Gasteiger partial charge >= 0.3 is 0 Å². The van der Waals surface area contributed by atoms with E-state index in [2.05, 4.69) is 20.6 Å². The Morgan fingerprint density at radius 2 is 2.50 bits per heavy atom. The summed E-state index contributed by atoms with van der Waals surface area (Å²) >= 11 is 7.16. The van der Waals surface area contributed by atoms with Gasteiger partial charge in [0.25, 0.3) is 0 Å². The summed E-state index contributed by atoms with van der Waals surface area (Å²) in [5.74, 6) is 0. The van der Waals surface area contributed by atoms with Gasteiger partial charge in [0.1, 0.15) is 5.15 Å². The predicted molar refractivity (Wildman–Crippen MR) is 55.6 cm³/mol. The van der Waals surface area contributed by atoms with Crippen molar-refractivity contribution in [2.45, 2.75) is 6.54 Å². The zero-order chi connectivity index (χ0) is 9.80. The molecule has 0 atom stereocenters. The number of anilines is 1. The van der Waals surface area contributed by atoms with Crippen molar-refractivity contribution in [3.8, 4) is 0 Å². The second-order valence-corrected chi connectivity index (χ2v) is 3.81. The maximum Gasteiger partial charge on any atom is 0.184 e. The quantitative estimate of drug-likeness (QED) is 0.863. The molecule has 0 aromatic carbocycles. The molecule has 14 heavy (non-hydrogen) atoms. The van der Waals surface area contributed by atoms with Crippen LogP contribution in [0.1, 0.15) is 0 Å². The van der Waals surface area contributed by atoms with Crippen molar-refractivity contribution in [1.29, 1.82) is 0 Å². The fourth-order valence-electron chi connectivity index (χ4n) is 0.965. The van der Waals surface area contributed by atoms with Gasteiger partial charge in [-0.25, -0.2) is 4.98 Å². The molecule has 0 aliphatic carbocycles. The van der Waals surface area contributed by atoms with Gasteiger partial charge in [0.15, 0.2) is 5.13 Å². The van der Waals surface area contributed by atoms with Crippen molar-refractivity contribution in [2.24, 2.45) is 0 Å². The van der Waals surface area contributed by atoms with Gasteiger partial charge in [0, 0.05) is 18.1 Å². The molecule has 1 N–H and O–H groups in total. The SMILES string of the molecule is Clc1csc(NCCn2ccnn2)n1. The summed E-state index contributed by atoms with van der Waals surface area (Å²) in [6.07, 6.45) is 3.47. The Balaban J connectivity index is 1.78. The maximum absolute atomic E-state index is 5.67. The molecule has 2 aromatic rings. The summed E-state index contributed by atoms with van der Waals surface area (Å²) in [6.45, 7) is 1.52. The number of nitrogens with zero attached hydrogens (tertiary/aromatic N) is 4. The summed E-state index contributed by atoms with van der Waals surface area (Å²) in [5, 5.41) is 13.8. The number of halogens is 1. The van der Waals surface area contributed by atoms with Gasteiger partial charge in [-0.05, 0) is 0 Å². The van der Waals surface area contributed by atoms with Crippen molar-refractivity contribution < 1.29 is 0 Å². The summed E-state index contributed by atoms with van der Waals surface area (Å²) in [4.78, 5) is 4.06. The van der Waals surface area contributed by atoms with Crippen LogP contribution in [0.15, 0.2) is 17.8 Å². The molecule has 74 valence electrons. The van der Waals surface area contributed by atoms with E-state index in [0.29, 0.717) is 5.15 Å². The van der Waals surface area contributed by atoms with Crippen LogP contribution in [0.5, 0.6) is 0 Å². The third-order valence-electron chi connectivity index (χ3n) is 1.57. The van der Waals surface area contributed by atoms with Crippen LogP contribution in [0.3, 0.4) is 0 Å². The Kier molecular flexibility index (Phi) is 2.95. The highest BCUT2D eigenvalue weighted by molar-refractivity contribution is 7.14. The lowest BCUT2D eigenvalue weighted by atomic mass is 10.6. The standard InChI is InChI=1S/C7H8ClN5S/c8-6-5-14-7(11-6)9-1-3-13-4-2-10-12-13/h2,4-5H,1,3H2,(H,9,11). The van der Waals surface area contributed by atoms with Crippen molar-refractivity contribution in [2.75, 3.05) is 11.9 Å². The second-order valence-electron chi connectivity index (χ2n) is 2.57. The Hall–Kier alpha value is -1.14. The van der Waals surface area contributed by atoms with Crippen molar-refractivity contribution in [3.63, 3.8) is 0 Å². The van der Waals surface area contributed by atoms with Gasteiger partial charge in [-0.1, -0.05) is 16.8 Å². The first-order chi connectivity index (χ1) is 6.84. The molecule has 2 heterocycles. The summed E-state index contributed by atoms with van der Waals surface area (Å²) < 4.78 is 1.75. The van der Waals surface area contributed by atoms with E-state index < -0.39 is 0 Å². The van der Waals surface area contributed by atoms with Crippen molar-refractivity contribution >= 4 is 28.1 Å². The van der Waals surface area contributed by atoms with Crippen molar-refractivity contribution in [1.82, 2.24) is 20.0 Å². The highest BCUT2D eigenvalue weighted by Crippen LogP contribution is 2.18. The molecule has 0 spiro atoms. The first-order valence-corrected chi connectivity index (χ1v) is 5.29. The number of rotatable bonds is 4. The molecule has 0 saturated heterocycles. The monoisotopic (exact) mass is 229 g/mol. The number of aromatic nitrogens is 4. The minimum Gasteiger partial charge on any atom is -0.360 e. The molecule has 0 aliphatic heterocycles. The van der Waals surface area contributed by atoms with Gasteiger partial charge in [-0.3, -0.25) is 4.68 Å². The molecule has 7 heteroatoms. The van der Waals surface area contributed by atoms with E-state index in [9.17, 15) is 0 Å². The van der Waals surface area contributed by atoms with Crippen LogP contribution in [0.4, 0.5) is 5.13 Å². The van der Waals surface area contributed by atoms with E-state index in [0.717, 1.165) is 18.2 Å². The number of thiazole rings is 1. The van der Waals surface area contributed by atoms with Gasteiger partial charge < -0.3 is 5.32 Å². The lowest BCUT2D eigenvalue weighted by Gasteiger charge is -2.01. The first-order valence-electron chi connectivity index (χ1n) is 4.03. The largest absolute Gasteiger partial charge is 0.360 e. The van der Waals surface area contributed by atoms with Gasteiger partial charge in [-0.2, -0.15) is 0 Å². The summed E-state index contributed by atoms with van der Waals surface area (Å²) in [7, 11) is 0. The average molecular weight is 230 g/mol. The lowest BCUT2D eigenvalue weighted by molar-refractivity contribution is 0.609. The molecule has 0 aliphatic rings. The zero-order valence-corrected chi connectivity index (χ0v) is 8.79. The Morgan fingerprint density at radius 1 is 1.57 bits per heavy atom. The van der Waals surface area contributed by atoms with E-state index >= 15 is 0 Å². The number of hydrogen-bond acceptors (Lipinski definition) is 5. The maximum atomic E-state index is 5.67. The Bertz CT molecular complexity index is 384. The highest BCUT2D eigenvalue weighted by Gasteiger charge is 1.98. The van der Waals surface area contributed by atoms with Crippen LogP contribution in [0.2, 0.25) is 5.15 Å². The van der Waals surface area contributed by atoms with E-state index in [1.54, 1.807) is 16.3 Å². The molecule has 0 radical (unpaired) electrons.